The van der Waals surface area contributed by atoms with Gasteiger partial charge in [0.25, 0.3) is 0 Å². The van der Waals surface area contributed by atoms with Gasteiger partial charge in [-0.25, -0.2) is 0 Å². The van der Waals surface area contributed by atoms with Gasteiger partial charge in [0.05, 0.1) is 0 Å². The molecule has 0 spiro atoms. The predicted octanol–water partition coefficient (Wildman–Crippen LogP) is 3.21. The fourth-order valence-corrected chi connectivity index (χ4v) is 6.84. The van der Waals surface area contributed by atoms with Crippen molar-refractivity contribution in [1.82, 2.24) is 0 Å². The molecule has 4 aromatic carbocycles. The minimum absolute atomic E-state index is 0. The number of halogens is 2. The van der Waals surface area contributed by atoms with Crippen LogP contribution in [-0.2, 0) is 62.7 Å². The molecule has 0 heterocycles. The van der Waals surface area contributed by atoms with Crippen LogP contribution in [0.1, 0.15) is 86.1 Å². The molecule has 0 saturated heterocycles. The number of hydrogen-bond acceptors (Lipinski definition) is 0. The number of rotatable bonds is 3. The van der Waals surface area contributed by atoms with E-state index in [4.69, 9.17) is 0 Å². The topological polar surface area (TPSA) is 0 Å². The van der Waals surface area contributed by atoms with E-state index in [0.717, 1.165) is 25.7 Å². The average molecular weight is 633 g/mol. The van der Waals surface area contributed by atoms with Crippen molar-refractivity contribution in [3.8, 4) is 22.3 Å². The molecular formula is C36H38Cl2Zr. The van der Waals surface area contributed by atoms with Crippen LogP contribution in [0.4, 0.5) is 0 Å². The normalized spacial score (nSPS) is 12.8. The molecule has 0 nitrogen and oxygen atoms in total. The molecule has 39 heavy (non-hydrogen) atoms. The molecule has 6 rings (SSSR count). The molecule has 0 unspecified atom stereocenters. The molecule has 0 saturated carbocycles. The molecular weight excluding hydrogens is 595 g/mol. The number of benzene rings is 4. The number of fused-ring (bicyclic) bond motifs is 6. The summed E-state index contributed by atoms with van der Waals surface area (Å²) in [5, 5.41) is 0. The average Bonchev–Trinajstić information content (AvgIpc) is 3.39. The summed E-state index contributed by atoms with van der Waals surface area (Å²) in [5.41, 5.74) is 18.3. The van der Waals surface area contributed by atoms with Crippen molar-refractivity contribution in [2.24, 2.45) is 0 Å². The largest absolute Gasteiger partial charge is 2.00 e. The molecule has 0 amide bonds. The summed E-state index contributed by atoms with van der Waals surface area (Å²) in [6, 6.07) is 27.7. The fraction of sp³-hybridized carbons (Fsp3) is 0.333. The summed E-state index contributed by atoms with van der Waals surface area (Å²) in [6.07, 6.45) is 4.32. The van der Waals surface area contributed by atoms with Gasteiger partial charge in [-0.2, -0.15) is 0 Å². The van der Waals surface area contributed by atoms with E-state index >= 15 is 0 Å². The van der Waals surface area contributed by atoms with E-state index in [-0.39, 0.29) is 61.8 Å². The second-order valence-electron chi connectivity index (χ2n) is 12.9. The van der Waals surface area contributed by atoms with Crippen molar-refractivity contribution in [2.75, 3.05) is 0 Å². The van der Waals surface area contributed by atoms with Crippen LogP contribution in [0.3, 0.4) is 0 Å². The second kappa shape index (κ2) is 11.7. The fourth-order valence-electron chi connectivity index (χ4n) is 6.84. The zero-order valence-electron chi connectivity index (χ0n) is 24.0. The summed E-state index contributed by atoms with van der Waals surface area (Å²) in [4.78, 5) is 0. The Bertz CT molecular complexity index is 1500. The molecule has 0 aromatic heterocycles. The third kappa shape index (κ3) is 5.62. The maximum atomic E-state index is 2.44. The van der Waals surface area contributed by atoms with Crippen LogP contribution in [0.25, 0.3) is 22.3 Å². The van der Waals surface area contributed by atoms with E-state index < -0.39 is 0 Å². The van der Waals surface area contributed by atoms with Gasteiger partial charge in [0.15, 0.2) is 0 Å². The van der Waals surface area contributed by atoms with E-state index in [1.807, 2.05) is 0 Å². The molecule has 0 aliphatic heterocycles. The molecule has 0 atom stereocenters. The molecule has 4 aromatic rings. The third-order valence-corrected chi connectivity index (χ3v) is 8.36. The quantitative estimate of drug-likeness (QED) is 0.281. The van der Waals surface area contributed by atoms with Gasteiger partial charge in [-0.05, 0) is 103 Å². The maximum absolute atomic E-state index is 2.44. The Balaban J connectivity index is 0.00000140. The van der Waals surface area contributed by atoms with Gasteiger partial charge >= 0.3 is 26.2 Å². The van der Waals surface area contributed by atoms with Crippen LogP contribution in [0.5, 0.6) is 0 Å². The molecule has 0 radical (unpaired) electrons. The molecule has 0 bridgehead atoms. The Morgan fingerprint density at radius 3 is 1.72 bits per heavy atom. The van der Waals surface area contributed by atoms with E-state index in [0.29, 0.717) is 0 Å². The predicted molar refractivity (Wildman–Crippen MR) is 154 cm³/mol. The van der Waals surface area contributed by atoms with Gasteiger partial charge in [-0.3, -0.25) is 0 Å². The zero-order valence-corrected chi connectivity index (χ0v) is 28.0. The summed E-state index contributed by atoms with van der Waals surface area (Å²) in [6.45, 7) is 14.2. The van der Waals surface area contributed by atoms with Crippen molar-refractivity contribution in [2.45, 2.75) is 78.1 Å². The summed E-state index contributed by atoms with van der Waals surface area (Å²) in [7, 11) is 0. The van der Waals surface area contributed by atoms with E-state index in [2.05, 4.69) is 114 Å². The van der Waals surface area contributed by atoms with Crippen LogP contribution < -0.4 is 24.8 Å². The molecule has 200 valence electrons. The first-order valence-corrected chi connectivity index (χ1v) is 13.6. The molecule has 0 N–H and O–H groups in total. The van der Waals surface area contributed by atoms with Gasteiger partial charge in [0.1, 0.15) is 0 Å². The first kappa shape index (κ1) is 31.9. The maximum Gasteiger partial charge on any atom is 2.00 e. The Labute approximate surface area is 267 Å². The SMILES string of the molecule is CC(C)(C)c1ccc(CCc2ccc3c(c2C(C)(C)C)Cc2ccccc2-3)c2c1-c1ccccc1C2.[Cl-].[Cl-].[Zr+2]. The molecule has 0 fully saturated rings. The first-order chi connectivity index (χ1) is 17.1. The summed E-state index contributed by atoms with van der Waals surface area (Å²) >= 11 is 0. The van der Waals surface area contributed by atoms with Crippen LogP contribution >= 0.6 is 0 Å². The molecule has 2 aliphatic rings. The number of hydrogen-bond donors (Lipinski definition) is 0. The smallest absolute Gasteiger partial charge is 1.00 e. The van der Waals surface area contributed by atoms with Crippen LogP contribution in [0, 0.1) is 0 Å². The summed E-state index contributed by atoms with van der Waals surface area (Å²) < 4.78 is 0. The van der Waals surface area contributed by atoms with Crippen LogP contribution in [0.2, 0.25) is 0 Å². The molecule has 2 aliphatic carbocycles. The number of aryl methyl sites for hydroxylation is 2. The Morgan fingerprint density at radius 1 is 0.538 bits per heavy atom. The van der Waals surface area contributed by atoms with Gasteiger partial charge in [-0.1, -0.05) is 114 Å². The van der Waals surface area contributed by atoms with Crippen molar-refractivity contribution in [3.63, 3.8) is 0 Å². The van der Waals surface area contributed by atoms with E-state index in [9.17, 15) is 0 Å². The van der Waals surface area contributed by atoms with E-state index in [1.54, 1.807) is 16.7 Å². The van der Waals surface area contributed by atoms with E-state index in [1.165, 1.54) is 50.1 Å². The standard InChI is InChI=1S/C36H38.2ClH.Zr/c1-35(2,3)32-20-18-23(30-21-26-12-8-10-14-28(26)33(30)32)15-16-24-17-19-29-27-13-9-7-11-25(27)22-31(29)34(24)36(4,5)6;;;/h7-14,17-20H,15-16,21-22H2,1-6H3;2*1H;/q;;;+2/p-2. The van der Waals surface area contributed by atoms with Gasteiger partial charge in [0, 0.05) is 0 Å². The second-order valence-corrected chi connectivity index (χ2v) is 12.9. The minimum Gasteiger partial charge on any atom is -1.00 e. The van der Waals surface area contributed by atoms with Crippen molar-refractivity contribution in [1.29, 1.82) is 0 Å². The van der Waals surface area contributed by atoms with Crippen LogP contribution in [0.15, 0.2) is 72.8 Å². The zero-order chi connectivity index (χ0) is 25.2. The summed E-state index contributed by atoms with van der Waals surface area (Å²) in [5.74, 6) is 0. The van der Waals surface area contributed by atoms with Gasteiger partial charge in [-0.15, -0.1) is 0 Å². The third-order valence-electron chi connectivity index (χ3n) is 8.36. The molecule has 3 heteroatoms. The Hall–Kier alpha value is -1.66. The Kier molecular flexibility index (Phi) is 9.54. The van der Waals surface area contributed by atoms with Crippen molar-refractivity contribution >= 4 is 0 Å². The van der Waals surface area contributed by atoms with Gasteiger partial charge < -0.3 is 24.8 Å². The Morgan fingerprint density at radius 2 is 1.08 bits per heavy atom. The first-order valence-electron chi connectivity index (χ1n) is 13.6. The van der Waals surface area contributed by atoms with Crippen molar-refractivity contribution < 1.29 is 51.0 Å². The minimum atomic E-state index is 0. The van der Waals surface area contributed by atoms with Crippen LogP contribution in [-0.4, -0.2) is 0 Å². The monoisotopic (exact) mass is 630 g/mol. The van der Waals surface area contributed by atoms with Gasteiger partial charge in [0.2, 0.25) is 0 Å². The van der Waals surface area contributed by atoms with Crippen molar-refractivity contribution in [3.05, 3.63) is 117 Å².